The van der Waals surface area contributed by atoms with Crippen LogP contribution in [0.15, 0.2) is 48.0 Å². The van der Waals surface area contributed by atoms with Crippen molar-refractivity contribution in [3.63, 3.8) is 0 Å². The van der Waals surface area contributed by atoms with Crippen LogP contribution in [0.5, 0.6) is 0 Å². The van der Waals surface area contributed by atoms with E-state index in [-0.39, 0.29) is 0 Å². The van der Waals surface area contributed by atoms with Gasteiger partial charge in [-0.1, -0.05) is 105 Å². The molecule has 1 saturated carbocycles. The number of rotatable bonds is 5. The molecule has 0 spiro atoms. The third-order valence-corrected chi connectivity index (χ3v) is 9.11. The molecule has 2 aliphatic rings. The zero-order valence-corrected chi connectivity index (χ0v) is 18.6. The highest BCUT2D eigenvalue weighted by Gasteiger charge is 2.33. The number of benzene rings is 2. The third-order valence-electron chi connectivity index (χ3n) is 7.04. The average Bonchev–Trinajstić information content (AvgIpc) is 3.28. The molecule has 0 radical (unpaired) electrons. The first-order chi connectivity index (χ1) is 12.9. The second-order valence-electron chi connectivity index (χ2n) is 9.92. The molecule has 0 amide bonds. The molecule has 0 aromatic heterocycles. The first-order valence-electron chi connectivity index (χ1n) is 10.8. The molecule has 0 aliphatic heterocycles. The molecule has 27 heavy (non-hydrogen) atoms. The van der Waals surface area contributed by atoms with Crippen molar-refractivity contribution in [1.82, 2.24) is 0 Å². The van der Waals surface area contributed by atoms with E-state index in [1.807, 2.05) is 0 Å². The maximum atomic E-state index is 2.53. The summed E-state index contributed by atoms with van der Waals surface area (Å²) in [6, 6.07) is 16.3. The van der Waals surface area contributed by atoms with Gasteiger partial charge in [-0.15, -0.1) is 0 Å². The van der Waals surface area contributed by atoms with Crippen molar-refractivity contribution in [3.05, 3.63) is 59.2 Å². The van der Waals surface area contributed by atoms with Gasteiger partial charge < -0.3 is 0 Å². The molecular formula is C26H34Si. The smallest absolute Gasteiger partial charge is 0.0656 e. The second-order valence-corrected chi connectivity index (χ2v) is 15.0. The Morgan fingerprint density at radius 3 is 2.26 bits per heavy atom. The van der Waals surface area contributed by atoms with E-state index in [2.05, 4.69) is 75.1 Å². The quantitative estimate of drug-likeness (QED) is 0.485. The lowest BCUT2D eigenvalue weighted by molar-refractivity contribution is 0.281. The third kappa shape index (κ3) is 3.71. The maximum absolute atomic E-state index is 2.53. The summed E-state index contributed by atoms with van der Waals surface area (Å²) in [4.78, 5) is 0. The Bertz CT molecular complexity index is 843. The Morgan fingerprint density at radius 1 is 0.926 bits per heavy atom. The molecule has 0 atom stereocenters. The van der Waals surface area contributed by atoms with E-state index >= 15 is 0 Å². The van der Waals surface area contributed by atoms with Crippen molar-refractivity contribution in [3.8, 4) is 11.1 Å². The Balaban J connectivity index is 1.63. The fourth-order valence-corrected chi connectivity index (χ4v) is 6.38. The average molecular weight is 375 g/mol. The van der Waals surface area contributed by atoms with Gasteiger partial charge in [-0.25, -0.2) is 0 Å². The summed E-state index contributed by atoms with van der Waals surface area (Å²) >= 11 is 0. The van der Waals surface area contributed by atoms with Crippen LogP contribution in [0.4, 0.5) is 0 Å². The predicted octanol–water partition coefficient (Wildman–Crippen LogP) is 7.20. The Hall–Kier alpha value is -1.60. The number of hydrogen-bond acceptors (Lipinski definition) is 0. The van der Waals surface area contributed by atoms with Gasteiger partial charge in [-0.2, -0.15) is 0 Å². The van der Waals surface area contributed by atoms with Gasteiger partial charge in [0.25, 0.3) is 0 Å². The van der Waals surface area contributed by atoms with Gasteiger partial charge in [0.1, 0.15) is 0 Å². The normalized spacial score (nSPS) is 18.4. The standard InChI is InChI=1S/C26H34Si/c1-5-26(15-6-7-16-26)19-20-17-22-9-8-10-24(25(22)18-20)21-11-13-23(14-12-21)27(2,3)4/h8-14,18H,5-7,15-17,19H2,1-4H3. The zero-order valence-electron chi connectivity index (χ0n) is 17.6. The van der Waals surface area contributed by atoms with Crippen LogP contribution in [0, 0.1) is 5.41 Å². The summed E-state index contributed by atoms with van der Waals surface area (Å²) in [6.45, 7) is 9.66. The predicted molar refractivity (Wildman–Crippen MR) is 122 cm³/mol. The van der Waals surface area contributed by atoms with Crippen LogP contribution in [0.1, 0.15) is 56.6 Å². The molecule has 0 bridgehead atoms. The largest absolute Gasteiger partial charge is 0.0775 e. The first-order valence-corrected chi connectivity index (χ1v) is 14.3. The number of fused-ring (bicyclic) bond motifs is 1. The van der Waals surface area contributed by atoms with Crippen molar-refractivity contribution in [1.29, 1.82) is 0 Å². The molecule has 0 heterocycles. The van der Waals surface area contributed by atoms with Crippen LogP contribution in [0.25, 0.3) is 17.2 Å². The fourth-order valence-electron chi connectivity index (χ4n) is 5.21. The van der Waals surface area contributed by atoms with E-state index in [1.165, 1.54) is 60.8 Å². The molecule has 1 fully saturated rings. The molecule has 0 N–H and O–H groups in total. The molecule has 0 unspecified atom stereocenters. The van der Waals surface area contributed by atoms with E-state index < -0.39 is 8.07 Å². The molecule has 142 valence electrons. The lowest BCUT2D eigenvalue weighted by Gasteiger charge is -2.28. The van der Waals surface area contributed by atoms with E-state index in [0.29, 0.717) is 5.41 Å². The topological polar surface area (TPSA) is 0 Å². The molecule has 0 saturated heterocycles. The van der Waals surface area contributed by atoms with Crippen LogP contribution in [0.2, 0.25) is 19.6 Å². The summed E-state index contributed by atoms with van der Waals surface area (Å²) in [5.74, 6) is 0. The van der Waals surface area contributed by atoms with E-state index in [9.17, 15) is 0 Å². The Labute approximate surface area is 166 Å². The van der Waals surface area contributed by atoms with Crippen molar-refractivity contribution >= 4 is 19.3 Å². The summed E-state index contributed by atoms with van der Waals surface area (Å²) in [5.41, 5.74) is 8.06. The molecule has 0 nitrogen and oxygen atoms in total. The highest BCUT2D eigenvalue weighted by atomic mass is 28.3. The lowest BCUT2D eigenvalue weighted by atomic mass is 9.77. The van der Waals surface area contributed by atoms with Crippen molar-refractivity contribution in [2.75, 3.05) is 0 Å². The Morgan fingerprint density at radius 2 is 1.63 bits per heavy atom. The SMILES string of the molecule is CCC1(CC2=Cc3c(cccc3-c3ccc([Si](C)(C)C)cc3)C2)CCCC1. The molecular weight excluding hydrogens is 340 g/mol. The van der Waals surface area contributed by atoms with Crippen LogP contribution < -0.4 is 5.19 Å². The number of allylic oxidation sites excluding steroid dienone is 1. The van der Waals surface area contributed by atoms with Gasteiger partial charge in [-0.3, -0.25) is 0 Å². The van der Waals surface area contributed by atoms with Gasteiger partial charge in [0.15, 0.2) is 0 Å². The molecule has 2 aliphatic carbocycles. The van der Waals surface area contributed by atoms with E-state index in [4.69, 9.17) is 0 Å². The summed E-state index contributed by atoms with van der Waals surface area (Å²) < 4.78 is 0. The first kappa shape index (κ1) is 18.7. The van der Waals surface area contributed by atoms with Crippen molar-refractivity contribution in [2.45, 2.75) is 71.5 Å². The van der Waals surface area contributed by atoms with Crippen LogP contribution >= 0.6 is 0 Å². The van der Waals surface area contributed by atoms with E-state index in [0.717, 1.165) is 6.42 Å². The van der Waals surface area contributed by atoms with Crippen molar-refractivity contribution in [2.24, 2.45) is 5.41 Å². The van der Waals surface area contributed by atoms with Gasteiger partial charge in [-0.05, 0) is 53.4 Å². The minimum absolute atomic E-state index is 0.590. The maximum Gasteiger partial charge on any atom is 0.0775 e. The number of hydrogen-bond donors (Lipinski definition) is 0. The van der Waals surface area contributed by atoms with Gasteiger partial charge in [0.05, 0.1) is 8.07 Å². The van der Waals surface area contributed by atoms with Crippen LogP contribution in [-0.2, 0) is 6.42 Å². The molecule has 1 heteroatoms. The minimum atomic E-state index is -1.23. The van der Waals surface area contributed by atoms with Gasteiger partial charge >= 0.3 is 0 Å². The highest BCUT2D eigenvalue weighted by molar-refractivity contribution is 6.88. The lowest BCUT2D eigenvalue weighted by Crippen LogP contribution is -2.37. The minimum Gasteiger partial charge on any atom is -0.0656 e. The fraction of sp³-hybridized carbons (Fsp3) is 0.462. The highest BCUT2D eigenvalue weighted by Crippen LogP contribution is 2.48. The molecule has 2 aromatic carbocycles. The Kier molecular flexibility index (Phi) is 4.92. The monoisotopic (exact) mass is 374 g/mol. The van der Waals surface area contributed by atoms with Gasteiger partial charge in [0, 0.05) is 0 Å². The van der Waals surface area contributed by atoms with Crippen molar-refractivity contribution < 1.29 is 0 Å². The van der Waals surface area contributed by atoms with E-state index in [1.54, 1.807) is 10.8 Å². The summed E-state index contributed by atoms with van der Waals surface area (Å²) in [6.07, 6.45) is 12.1. The van der Waals surface area contributed by atoms with Crippen LogP contribution in [-0.4, -0.2) is 8.07 Å². The molecule has 2 aromatic rings. The summed E-state index contributed by atoms with van der Waals surface area (Å²) in [5, 5.41) is 1.54. The van der Waals surface area contributed by atoms with Crippen LogP contribution in [0.3, 0.4) is 0 Å². The summed E-state index contributed by atoms with van der Waals surface area (Å²) in [7, 11) is -1.23. The zero-order chi connectivity index (χ0) is 19.1. The second kappa shape index (κ2) is 7.09. The molecule has 4 rings (SSSR count). The van der Waals surface area contributed by atoms with Gasteiger partial charge in [0.2, 0.25) is 0 Å².